The Morgan fingerprint density at radius 2 is 1.85 bits per heavy atom. The van der Waals surface area contributed by atoms with Crippen molar-refractivity contribution in [1.29, 1.82) is 0 Å². The second-order valence-electron chi connectivity index (χ2n) is 4.88. The minimum Gasteiger partial charge on any atom is -0.326 e. The number of rotatable bonds is 4. The van der Waals surface area contributed by atoms with Crippen LogP contribution in [0.2, 0.25) is 0 Å². The summed E-state index contributed by atoms with van der Waals surface area (Å²) < 4.78 is 0. The van der Waals surface area contributed by atoms with Crippen molar-refractivity contribution in [3.8, 4) is 0 Å². The summed E-state index contributed by atoms with van der Waals surface area (Å²) in [5, 5.41) is 0. The fourth-order valence-electron chi connectivity index (χ4n) is 2.50. The maximum absolute atomic E-state index is 6.11. The molecule has 1 atom stereocenters. The van der Waals surface area contributed by atoms with Gasteiger partial charge < -0.3 is 10.6 Å². The molecule has 2 heteroatoms. The molecule has 0 radical (unpaired) electrons. The summed E-state index contributed by atoms with van der Waals surface area (Å²) in [5.74, 6) is 0.851. The average molecular weight is 182 g/mol. The lowest BCUT2D eigenvalue weighted by Crippen LogP contribution is -2.41. The highest BCUT2D eigenvalue weighted by molar-refractivity contribution is 4.87. The molecule has 1 unspecified atom stereocenters. The minimum absolute atomic E-state index is 0.450. The van der Waals surface area contributed by atoms with E-state index in [1.54, 1.807) is 0 Å². The van der Waals surface area contributed by atoms with E-state index < -0.39 is 0 Å². The van der Waals surface area contributed by atoms with Gasteiger partial charge in [-0.05, 0) is 38.6 Å². The molecule has 2 rings (SSSR count). The average Bonchev–Trinajstić information content (AvgIpc) is 2.81. The Morgan fingerprint density at radius 1 is 1.23 bits per heavy atom. The van der Waals surface area contributed by atoms with Gasteiger partial charge in [-0.25, -0.2) is 0 Å². The lowest BCUT2D eigenvalue weighted by Gasteiger charge is -2.26. The van der Waals surface area contributed by atoms with Crippen molar-refractivity contribution < 1.29 is 0 Å². The normalized spacial score (nSPS) is 27.0. The summed E-state index contributed by atoms with van der Waals surface area (Å²) >= 11 is 0. The van der Waals surface area contributed by atoms with Gasteiger partial charge in [0, 0.05) is 18.6 Å². The third-order valence-electron chi connectivity index (χ3n) is 3.67. The Balaban J connectivity index is 1.72. The van der Waals surface area contributed by atoms with E-state index in [0.717, 1.165) is 18.5 Å². The number of hydrogen-bond donors (Lipinski definition) is 1. The molecule has 2 aliphatic carbocycles. The zero-order valence-electron chi connectivity index (χ0n) is 8.71. The van der Waals surface area contributed by atoms with E-state index in [0.29, 0.717) is 6.04 Å². The van der Waals surface area contributed by atoms with Crippen molar-refractivity contribution >= 4 is 0 Å². The molecule has 0 aromatic heterocycles. The van der Waals surface area contributed by atoms with Crippen molar-refractivity contribution in [3.63, 3.8) is 0 Å². The Morgan fingerprint density at radius 3 is 2.38 bits per heavy atom. The summed E-state index contributed by atoms with van der Waals surface area (Å²) in [6.45, 7) is 1.12. The van der Waals surface area contributed by atoms with E-state index in [9.17, 15) is 0 Å². The van der Waals surface area contributed by atoms with E-state index in [1.165, 1.54) is 38.5 Å². The van der Waals surface area contributed by atoms with Gasteiger partial charge in [0.2, 0.25) is 0 Å². The van der Waals surface area contributed by atoms with Crippen LogP contribution in [0.25, 0.3) is 0 Å². The van der Waals surface area contributed by atoms with Crippen LogP contribution in [0.15, 0.2) is 0 Å². The zero-order valence-corrected chi connectivity index (χ0v) is 8.71. The van der Waals surface area contributed by atoms with Gasteiger partial charge in [-0.3, -0.25) is 0 Å². The molecule has 0 aromatic rings. The molecule has 76 valence electrons. The van der Waals surface area contributed by atoms with Gasteiger partial charge in [0.25, 0.3) is 0 Å². The molecule has 0 spiro atoms. The van der Waals surface area contributed by atoms with Crippen LogP contribution in [0, 0.1) is 5.92 Å². The van der Waals surface area contributed by atoms with Crippen LogP contribution in [-0.2, 0) is 0 Å². The van der Waals surface area contributed by atoms with Gasteiger partial charge >= 0.3 is 0 Å². The Labute approximate surface area is 81.5 Å². The lowest BCUT2D eigenvalue weighted by atomic mass is 10.1. The highest BCUT2D eigenvalue weighted by Crippen LogP contribution is 2.32. The van der Waals surface area contributed by atoms with E-state index in [-0.39, 0.29) is 0 Å². The second-order valence-corrected chi connectivity index (χ2v) is 4.88. The first-order valence-electron chi connectivity index (χ1n) is 5.73. The van der Waals surface area contributed by atoms with Crippen LogP contribution in [0.4, 0.5) is 0 Å². The van der Waals surface area contributed by atoms with Crippen molar-refractivity contribution in [2.45, 2.75) is 50.6 Å². The molecule has 2 aliphatic rings. The highest BCUT2D eigenvalue weighted by Gasteiger charge is 2.30. The van der Waals surface area contributed by atoms with Crippen molar-refractivity contribution in [1.82, 2.24) is 4.90 Å². The van der Waals surface area contributed by atoms with Crippen LogP contribution < -0.4 is 5.73 Å². The summed E-state index contributed by atoms with van der Waals surface area (Å²) in [7, 11) is 2.25. The largest absolute Gasteiger partial charge is 0.326 e. The molecule has 0 aliphatic heterocycles. The standard InChI is InChI=1S/C11H22N2/c1-13(10-4-2-3-5-10)8-11(12)9-6-7-9/h9-11H,2-8,12H2,1H3. The number of likely N-dealkylation sites (N-methyl/N-ethyl adjacent to an activating group) is 1. The maximum Gasteiger partial charge on any atom is 0.0196 e. The predicted octanol–water partition coefficient (Wildman–Crippen LogP) is 1.60. The second kappa shape index (κ2) is 3.97. The van der Waals surface area contributed by atoms with E-state index in [1.807, 2.05) is 0 Å². The smallest absolute Gasteiger partial charge is 0.0196 e. The zero-order chi connectivity index (χ0) is 9.26. The number of nitrogens with two attached hydrogens (primary N) is 1. The molecule has 0 heterocycles. The van der Waals surface area contributed by atoms with Crippen LogP contribution in [-0.4, -0.2) is 30.6 Å². The summed E-state index contributed by atoms with van der Waals surface area (Å²) in [5.41, 5.74) is 6.11. The maximum atomic E-state index is 6.11. The van der Waals surface area contributed by atoms with Crippen LogP contribution in [0.3, 0.4) is 0 Å². The first kappa shape index (κ1) is 9.47. The Bertz CT molecular complexity index is 159. The molecule has 0 aromatic carbocycles. The molecule has 13 heavy (non-hydrogen) atoms. The van der Waals surface area contributed by atoms with Gasteiger partial charge in [0.15, 0.2) is 0 Å². The molecular formula is C11H22N2. The number of hydrogen-bond acceptors (Lipinski definition) is 2. The summed E-state index contributed by atoms with van der Waals surface area (Å²) in [4.78, 5) is 2.50. The highest BCUT2D eigenvalue weighted by atomic mass is 15.1. The fourth-order valence-corrected chi connectivity index (χ4v) is 2.50. The van der Waals surface area contributed by atoms with Gasteiger partial charge in [-0.1, -0.05) is 12.8 Å². The summed E-state index contributed by atoms with van der Waals surface area (Å²) in [6.07, 6.45) is 8.39. The third-order valence-corrected chi connectivity index (χ3v) is 3.67. The molecule has 0 saturated heterocycles. The lowest BCUT2D eigenvalue weighted by molar-refractivity contribution is 0.224. The molecule has 2 N–H and O–H groups in total. The van der Waals surface area contributed by atoms with Crippen LogP contribution >= 0.6 is 0 Å². The molecule has 2 nitrogen and oxygen atoms in total. The van der Waals surface area contributed by atoms with E-state index in [4.69, 9.17) is 5.73 Å². The number of nitrogens with zero attached hydrogens (tertiary/aromatic N) is 1. The van der Waals surface area contributed by atoms with E-state index in [2.05, 4.69) is 11.9 Å². The first-order valence-corrected chi connectivity index (χ1v) is 5.73. The Kier molecular flexibility index (Phi) is 2.89. The Hall–Kier alpha value is -0.0800. The van der Waals surface area contributed by atoms with Crippen molar-refractivity contribution in [2.24, 2.45) is 11.7 Å². The topological polar surface area (TPSA) is 29.3 Å². The summed E-state index contributed by atoms with van der Waals surface area (Å²) in [6, 6.07) is 1.29. The van der Waals surface area contributed by atoms with Gasteiger partial charge in [-0.15, -0.1) is 0 Å². The van der Waals surface area contributed by atoms with Crippen LogP contribution in [0.1, 0.15) is 38.5 Å². The molecule has 0 amide bonds. The first-order chi connectivity index (χ1) is 6.27. The fraction of sp³-hybridized carbons (Fsp3) is 1.00. The van der Waals surface area contributed by atoms with Crippen molar-refractivity contribution in [2.75, 3.05) is 13.6 Å². The van der Waals surface area contributed by atoms with Crippen LogP contribution in [0.5, 0.6) is 0 Å². The molecular weight excluding hydrogens is 160 g/mol. The third kappa shape index (κ3) is 2.44. The predicted molar refractivity (Wildman–Crippen MR) is 55.6 cm³/mol. The SMILES string of the molecule is CN(CC(N)C1CC1)C1CCCC1. The molecule has 0 bridgehead atoms. The van der Waals surface area contributed by atoms with E-state index >= 15 is 0 Å². The van der Waals surface area contributed by atoms with Crippen molar-refractivity contribution in [3.05, 3.63) is 0 Å². The van der Waals surface area contributed by atoms with Gasteiger partial charge in [0.1, 0.15) is 0 Å². The minimum atomic E-state index is 0.450. The molecule has 2 saturated carbocycles. The molecule has 2 fully saturated rings. The van der Waals surface area contributed by atoms with Gasteiger partial charge in [-0.2, -0.15) is 0 Å². The quantitative estimate of drug-likeness (QED) is 0.715. The van der Waals surface area contributed by atoms with Gasteiger partial charge in [0.05, 0.1) is 0 Å². The monoisotopic (exact) mass is 182 g/mol.